The van der Waals surface area contributed by atoms with Gasteiger partial charge in [0.2, 0.25) is 5.91 Å². The summed E-state index contributed by atoms with van der Waals surface area (Å²) in [6.45, 7) is 5.27. The van der Waals surface area contributed by atoms with E-state index in [4.69, 9.17) is 16.2 Å². The summed E-state index contributed by atoms with van der Waals surface area (Å²) in [7, 11) is 0. The zero-order valence-corrected chi connectivity index (χ0v) is 10.1. The highest BCUT2D eigenvalue weighted by Crippen LogP contribution is 2.09. The SMILES string of the molecule is CC(C)(C)OC(=O)[C@@H](N)CCC(N)=O.Cl. The van der Waals surface area contributed by atoms with Crippen LogP contribution in [0.4, 0.5) is 0 Å². The molecule has 15 heavy (non-hydrogen) atoms. The first-order valence-corrected chi connectivity index (χ1v) is 4.49. The standard InChI is InChI=1S/C9H18N2O3.ClH/c1-9(2,3)14-8(13)6(10)4-5-7(11)12;/h6H,4-5,10H2,1-3H3,(H2,11,12);1H/t6-;/m0./s1. The van der Waals surface area contributed by atoms with Gasteiger partial charge in [-0.1, -0.05) is 0 Å². The third kappa shape index (κ3) is 9.49. The van der Waals surface area contributed by atoms with Gasteiger partial charge in [-0.2, -0.15) is 0 Å². The van der Waals surface area contributed by atoms with E-state index < -0.39 is 23.5 Å². The van der Waals surface area contributed by atoms with Crippen molar-refractivity contribution in [2.45, 2.75) is 45.3 Å². The predicted molar refractivity (Wildman–Crippen MR) is 59.5 cm³/mol. The topological polar surface area (TPSA) is 95.4 Å². The fourth-order valence-electron chi connectivity index (χ4n) is 0.793. The first kappa shape index (κ1) is 16.6. The van der Waals surface area contributed by atoms with Crippen molar-refractivity contribution in [3.05, 3.63) is 0 Å². The molecule has 0 heterocycles. The molecule has 6 heteroatoms. The van der Waals surface area contributed by atoms with Gasteiger partial charge in [0.15, 0.2) is 0 Å². The average Bonchev–Trinajstić information content (AvgIpc) is 1.96. The zero-order valence-electron chi connectivity index (χ0n) is 9.28. The molecule has 0 fully saturated rings. The number of carbonyl (C=O) groups is 2. The summed E-state index contributed by atoms with van der Waals surface area (Å²) in [5.41, 5.74) is 9.86. The number of nitrogens with two attached hydrogens (primary N) is 2. The van der Waals surface area contributed by atoms with E-state index >= 15 is 0 Å². The van der Waals surface area contributed by atoms with Crippen molar-refractivity contribution in [3.63, 3.8) is 0 Å². The lowest BCUT2D eigenvalue weighted by Crippen LogP contribution is -2.38. The van der Waals surface area contributed by atoms with Gasteiger partial charge < -0.3 is 16.2 Å². The first-order valence-electron chi connectivity index (χ1n) is 4.49. The van der Waals surface area contributed by atoms with Gasteiger partial charge in [-0.05, 0) is 27.2 Å². The molecule has 0 aromatic rings. The number of ether oxygens (including phenoxy) is 1. The minimum Gasteiger partial charge on any atom is -0.459 e. The largest absolute Gasteiger partial charge is 0.459 e. The Labute approximate surface area is 95.9 Å². The summed E-state index contributed by atoms with van der Waals surface area (Å²) >= 11 is 0. The van der Waals surface area contributed by atoms with Gasteiger partial charge in [0, 0.05) is 6.42 Å². The maximum atomic E-state index is 11.3. The molecule has 0 aliphatic carbocycles. The molecule has 0 saturated carbocycles. The highest BCUT2D eigenvalue weighted by molar-refractivity contribution is 5.85. The van der Waals surface area contributed by atoms with Crippen molar-refractivity contribution in [1.82, 2.24) is 0 Å². The zero-order chi connectivity index (χ0) is 11.4. The summed E-state index contributed by atoms with van der Waals surface area (Å²) in [5, 5.41) is 0. The number of carbonyl (C=O) groups excluding carboxylic acids is 2. The summed E-state index contributed by atoms with van der Waals surface area (Å²) in [4.78, 5) is 21.7. The van der Waals surface area contributed by atoms with Crippen LogP contribution in [0.1, 0.15) is 33.6 Å². The van der Waals surface area contributed by atoms with Crippen molar-refractivity contribution in [1.29, 1.82) is 0 Å². The molecule has 0 aromatic carbocycles. The molecule has 1 atom stereocenters. The molecule has 5 nitrogen and oxygen atoms in total. The Morgan fingerprint density at radius 1 is 1.33 bits per heavy atom. The van der Waals surface area contributed by atoms with E-state index in [2.05, 4.69) is 0 Å². The maximum Gasteiger partial charge on any atom is 0.323 e. The smallest absolute Gasteiger partial charge is 0.323 e. The van der Waals surface area contributed by atoms with Gasteiger partial charge in [0.25, 0.3) is 0 Å². The normalized spacial score (nSPS) is 12.5. The third-order valence-corrected chi connectivity index (χ3v) is 1.41. The second kappa shape index (κ2) is 6.63. The van der Waals surface area contributed by atoms with Crippen molar-refractivity contribution in [3.8, 4) is 0 Å². The molecule has 0 aliphatic rings. The number of hydrogen-bond donors (Lipinski definition) is 2. The lowest BCUT2D eigenvalue weighted by Gasteiger charge is -2.21. The highest BCUT2D eigenvalue weighted by Gasteiger charge is 2.22. The van der Waals surface area contributed by atoms with Gasteiger partial charge in [-0.25, -0.2) is 0 Å². The predicted octanol–water partition coefficient (Wildman–Crippen LogP) is 0.343. The molecule has 4 N–H and O–H groups in total. The molecule has 1 amide bonds. The number of hydrogen-bond acceptors (Lipinski definition) is 4. The van der Waals surface area contributed by atoms with Crippen LogP contribution in [0.3, 0.4) is 0 Å². The number of primary amides is 1. The second-order valence-electron chi connectivity index (χ2n) is 4.14. The Hall–Kier alpha value is -0.810. The molecule has 0 saturated heterocycles. The molecular formula is C9H19ClN2O3. The van der Waals surface area contributed by atoms with Crippen LogP contribution in [0.15, 0.2) is 0 Å². The van der Waals surface area contributed by atoms with Crippen LogP contribution in [0, 0.1) is 0 Å². The molecule has 90 valence electrons. The van der Waals surface area contributed by atoms with E-state index in [-0.39, 0.29) is 25.2 Å². The van der Waals surface area contributed by atoms with Gasteiger partial charge in [-0.3, -0.25) is 9.59 Å². The average molecular weight is 239 g/mol. The Bertz CT molecular complexity index is 226. The molecule has 0 aromatic heterocycles. The van der Waals surface area contributed by atoms with Crippen molar-refractivity contribution < 1.29 is 14.3 Å². The molecule has 0 spiro atoms. The minimum absolute atomic E-state index is 0. The van der Waals surface area contributed by atoms with Crippen LogP contribution in [0.25, 0.3) is 0 Å². The molecule has 0 aliphatic heterocycles. The Morgan fingerprint density at radius 3 is 2.13 bits per heavy atom. The van der Waals surface area contributed by atoms with Gasteiger partial charge in [0.1, 0.15) is 11.6 Å². The van der Waals surface area contributed by atoms with E-state index in [0.29, 0.717) is 0 Å². The Morgan fingerprint density at radius 2 is 1.80 bits per heavy atom. The fourth-order valence-corrected chi connectivity index (χ4v) is 0.793. The van der Waals surface area contributed by atoms with E-state index in [9.17, 15) is 9.59 Å². The van der Waals surface area contributed by atoms with Crippen molar-refractivity contribution >= 4 is 24.3 Å². The maximum absolute atomic E-state index is 11.3. The molecule has 0 rings (SSSR count). The highest BCUT2D eigenvalue weighted by atomic mass is 35.5. The van der Waals surface area contributed by atoms with Crippen molar-refractivity contribution in [2.75, 3.05) is 0 Å². The summed E-state index contributed by atoms with van der Waals surface area (Å²) in [5.74, 6) is -0.970. The minimum atomic E-state index is -0.776. The number of amides is 1. The Balaban J connectivity index is 0. The van der Waals surface area contributed by atoms with Crippen molar-refractivity contribution in [2.24, 2.45) is 11.5 Å². The van der Waals surface area contributed by atoms with Gasteiger partial charge in [-0.15, -0.1) is 12.4 Å². The third-order valence-electron chi connectivity index (χ3n) is 1.41. The van der Waals surface area contributed by atoms with Crippen LogP contribution in [0.5, 0.6) is 0 Å². The van der Waals surface area contributed by atoms with Gasteiger partial charge >= 0.3 is 5.97 Å². The summed E-state index contributed by atoms with van der Waals surface area (Å²) < 4.78 is 5.02. The van der Waals surface area contributed by atoms with Crippen LogP contribution >= 0.6 is 12.4 Å². The molecule has 0 radical (unpaired) electrons. The molecular weight excluding hydrogens is 220 g/mol. The number of halogens is 1. The summed E-state index contributed by atoms with van der Waals surface area (Å²) in [6, 6.07) is -0.776. The molecule has 0 unspecified atom stereocenters. The number of rotatable bonds is 4. The number of esters is 1. The van der Waals surface area contributed by atoms with Crippen LogP contribution < -0.4 is 11.5 Å². The van der Waals surface area contributed by atoms with Gasteiger partial charge in [0.05, 0.1) is 0 Å². The molecule has 0 bridgehead atoms. The lowest BCUT2D eigenvalue weighted by atomic mass is 10.1. The van der Waals surface area contributed by atoms with E-state index in [1.54, 1.807) is 20.8 Å². The van der Waals surface area contributed by atoms with E-state index in [1.807, 2.05) is 0 Å². The second-order valence-corrected chi connectivity index (χ2v) is 4.14. The van der Waals surface area contributed by atoms with E-state index in [1.165, 1.54) is 0 Å². The first-order chi connectivity index (χ1) is 6.22. The van der Waals surface area contributed by atoms with Crippen LogP contribution in [-0.4, -0.2) is 23.5 Å². The summed E-state index contributed by atoms with van der Waals surface area (Å²) in [6.07, 6.45) is 0.324. The lowest BCUT2D eigenvalue weighted by molar-refractivity contribution is -0.156. The Kier molecular flexibility index (Phi) is 7.35. The monoisotopic (exact) mass is 238 g/mol. The quantitative estimate of drug-likeness (QED) is 0.691. The van der Waals surface area contributed by atoms with Crippen LogP contribution in [0.2, 0.25) is 0 Å². The van der Waals surface area contributed by atoms with Crippen LogP contribution in [-0.2, 0) is 14.3 Å². The fraction of sp³-hybridized carbons (Fsp3) is 0.778. The van der Waals surface area contributed by atoms with E-state index in [0.717, 1.165) is 0 Å².